The fraction of sp³-hybridized carbons (Fsp3) is 0.532. The minimum absolute atomic E-state index is 0.0740. The number of hydrogen-bond donors (Lipinski definition) is 0. The minimum Gasteiger partial charge on any atom is -0.456 e. The highest BCUT2D eigenvalue weighted by Crippen LogP contribution is 2.42. The molecule has 0 atom stereocenters. The number of hydrogen-bond acceptors (Lipinski definition) is 3. The van der Waals surface area contributed by atoms with Crippen molar-refractivity contribution in [3.8, 4) is 22.5 Å². The first-order valence-electron chi connectivity index (χ1n) is 20.8. The van der Waals surface area contributed by atoms with Crippen LogP contribution in [0.25, 0.3) is 33.4 Å². The van der Waals surface area contributed by atoms with Crippen LogP contribution in [0.3, 0.4) is 0 Å². The molecule has 0 unspecified atom stereocenters. The lowest BCUT2D eigenvalue weighted by Crippen LogP contribution is -2.29. The summed E-state index contributed by atoms with van der Waals surface area (Å²) in [5.41, 5.74) is 5.76. The van der Waals surface area contributed by atoms with Crippen LogP contribution in [0.4, 0.5) is 5.69 Å². The third-order valence-corrected chi connectivity index (χ3v) is 10.7. The van der Waals surface area contributed by atoms with Crippen LogP contribution in [-0.4, -0.2) is 50.6 Å². The molecule has 0 N–H and O–H groups in total. The van der Waals surface area contributed by atoms with Crippen LogP contribution < -0.4 is 14.8 Å². The molecule has 0 saturated heterocycles. The Labute approximate surface area is 315 Å². The molecule has 0 fully saturated rings. The van der Waals surface area contributed by atoms with E-state index in [1.54, 1.807) is 0 Å². The number of rotatable bonds is 23. The van der Waals surface area contributed by atoms with E-state index in [-0.39, 0.29) is 5.91 Å². The Morgan fingerprint density at radius 3 is 1.98 bits per heavy atom. The number of benzene rings is 3. The molecule has 282 valence electrons. The van der Waals surface area contributed by atoms with E-state index in [9.17, 15) is 4.79 Å². The third kappa shape index (κ3) is 11.3. The van der Waals surface area contributed by atoms with Gasteiger partial charge in [0.15, 0.2) is 0 Å². The van der Waals surface area contributed by atoms with Gasteiger partial charge in [-0.25, -0.2) is 4.58 Å². The van der Waals surface area contributed by atoms with Crippen molar-refractivity contribution in [2.24, 2.45) is 0 Å². The summed E-state index contributed by atoms with van der Waals surface area (Å²) in [4.78, 5) is 18.4. The standard InChI is InChI=1S/C47H68N3O2/c1-7-12-13-14-15-16-17-18-19-20-21-22-23-24-25-28-35-48(6)47(51)41-30-27-26-29-40(41)46-42-33-31-38(49(8-2)9-3)36-44(42)52-45-37-39(32-34-43(45)46)50(10-4)11-5/h18-19,26-27,29-34,36-37H,7-17,20-25,28,35H2,1-6H3/q+1/b19-18-. The van der Waals surface area contributed by atoms with Gasteiger partial charge in [0.25, 0.3) is 5.91 Å². The van der Waals surface area contributed by atoms with Crippen molar-refractivity contribution in [1.82, 2.24) is 9.48 Å². The zero-order valence-electron chi connectivity index (χ0n) is 33.5. The highest BCUT2D eigenvalue weighted by molar-refractivity contribution is 6.09. The molecule has 52 heavy (non-hydrogen) atoms. The molecule has 1 amide bonds. The monoisotopic (exact) mass is 707 g/mol. The maximum atomic E-state index is 14.1. The maximum Gasteiger partial charge on any atom is 0.254 e. The fourth-order valence-electron chi connectivity index (χ4n) is 7.52. The topological polar surface area (TPSA) is 39.7 Å². The molecule has 0 aromatic heterocycles. The van der Waals surface area contributed by atoms with Gasteiger partial charge in [0.2, 0.25) is 5.36 Å². The van der Waals surface area contributed by atoms with E-state index in [1.165, 1.54) is 77.0 Å². The molecule has 0 radical (unpaired) electrons. The number of carbonyl (C=O) groups excluding carboxylic acids is 1. The Kier molecular flexibility index (Phi) is 17.5. The lowest BCUT2D eigenvalue weighted by Gasteiger charge is -2.23. The number of fused-ring (bicyclic) bond motifs is 2. The van der Waals surface area contributed by atoms with Crippen molar-refractivity contribution in [2.45, 2.75) is 125 Å². The van der Waals surface area contributed by atoms with E-state index in [1.807, 2.05) is 30.1 Å². The molecule has 5 heteroatoms. The van der Waals surface area contributed by atoms with Gasteiger partial charge in [-0.2, -0.15) is 0 Å². The van der Waals surface area contributed by atoms with E-state index in [4.69, 9.17) is 4.42 Å². The average Bonchev–Trinajstić information content (AvgIpc) is 3.17. The van der Waals surface area contributed by atoms with Crippen LogP contribution in [0.1, 0.15) is 135 Å². The van der Waals surface area contributed by atoms with Gasteiger partial charge in [0.05, 0.1) is 6.07 Å². The van der Waals surface area contributed by atoms with E-state index in [2.05, 4.69) is 98.7 Å². The number of unbranched alkanes of at least 4 members (excludes halogenated alkanes) is 12. The molecule has 1 heterocycles. The fourth-order valence-corrected chi connectivity index (χ4v) is 7.52. The molecule has 2 aliphatic rings. The molecular formula is C47H68N3O2+. The van der Waals surface area contributed by atoms with E-state index in [0.29, 0.717) is 0 Å². The Balaban J connectivity index is 1.43. The SMILES string of the molecule is CCCCCCCC/C=C\CCCCCCCCN(C)C(=O)c1ccccc1-c1c2ccc(=[N+](CC)CC)cc-2oc2cc(N(CC)CC)ccc12. The molecule has 1 aliphatic heterocycles. The Morgan fingerprint density at radius 2 is 1.33 bits per heavy atom. The Hall–Kier alpha value is -3.86. The number of allylic oxidation sites excluding steroid dienone is 2. The highest BCUT2D eigenvalue weighted by atomic mass is 16.3. The molecule has 0 spiro atoms. The summed E-state index contributed by atoms with van der Waals surface area (Å²) in [5, 5.41) is 2.17. The molecule has 2 aromatic carbocycles. The number of anilines is 1. The van der Waals surface area contributed by atoms with Gasteiger partial charge in [-0.05, 0) is 89.6 Å². The van der Waals surface area contributed by atoms with Gasteiger partial charge < -0.3 is 14.2 Å². The van der Waals surface area contributed by atoms with Crippen molar-refractivity contribution >= 4 is 22.6 Å². The quantitative estimate of drug-likeness (QED) is 0.0334. The lowest BCUT2D eigenvalue weighted by molar-refractivity contribution is 0.0793. The third-order valence-electron chi connectivity index (χ3n) is 10.7. The molecule has 0 saturated carbocycles. The summed E-state index contributed by atoms with van der Waals surface area (Å²) in [6, 6.07) is 21.2. The predicted molar refractivity (Wildman–Crippen MR) is 225 cm³/mol. The molecule has 4 rings (SSSR count). The predicted octanol–water partition coefficient (Wildman–Crippen LogP) is 12.0. The van der Waals surface area contributed by atoms with Crippen LogP contribution >= 0.6 is 0 Å². The number of nitrogens with zero attached hydrogens (tertiary/aromatic N) is 3. The summed E-state index contributed by atoms with van der Waals surface area (Å²) in [6.07, 6.45) is 22.8. The first-order valence-corrected chi connectivity index (χ1v) is 20.8. The van der Waals surface area contributed by atoms with Crippen LogP contribution in [0, 0.1) is 0 Å². The van der Waals surface area contributed by atoms with Crippen molar-refractivity contribution < 1.29 is 9.21 Å². The lowest BCUT2D eigenvalue weighted by atomic mass is 9.90. The maximum absolute atomic E-state index is 14.1. The molecule has 2 aromatic rings. The van der Waals surface area contributed by atoms with Crippen LogP contribution in [0.5, 0.6) is 0 Å². The Bertz CT molecular complexity index is 1720. The van der Waals surface area contributed by atoms with Gasteiger partial charge >= 0.3 is 0 Å². The normalized spacial score (nSPS) is 11.6. The van der Waals surface area contributed by atoms with Gasteiger partial charge in [0.1, 0.15) is 24.4 Å². The average molecular weight is 707 g/mol. The van der Waals surface area contributed by atoms with E-state index < -0.39 is 0 Å². The second kappa shape index (κ2) is 22.3. The number of amides is 1. The minimum atomic E-state index is 0.0740. The van der Waals surface area contributed by atoms with Gasteiger partial charge in [0, 0.05) is 66.6 Å². The highest BCUT2D eigenvalue weighted by Gasteiger charge is 2.24. The summed E-state index contributed by atoms with van der Waals surface area (Å²) in [7, 11) is 1.96. The number of carbonyl (C=O) groups is 1. The first kappa shape index (κ1) is 40.9. The smallest absolute Gasteiger partial charge is 0.254 e. The van der Waals surface area contributed by atoms with Crippen LogP contribution in [0.2, 0.25) is 0 Å². The van der Waals surface area contributed by atoms with Crippen LogP contribution in [0.15, 0.2) is 77.2 Å². The molecule has 5 nitrogen and oxygen atoms in total. The van der Waals surface area contributed by atoms with E-state index in [0.717, 1.165) is 95.6 Å². The summed E-state index contributed by atoms with van der Waals surface area (Å²) in [5.74, 6) is 0.911. The Morgan fingerprint density at radius 1 is 0.692 bits per heavy atom. The largest absolute Gasteiger partial charge is 0.456 e. The van der Waals surface area contributed by atoms with Crippen molar-refractivity contribution in [2.75, 3.05) is 44.7 Å². The van der Waals surface area contributed by atoms with Crippen LogP contribution in [-0.2, 0) is 0 Å². The van der Waals surface area contributed by atoms with Crippen molar-refractivity contribution in [3.05, 3.63) is 83.7 Å². The second-order valence-corrected chi connectivity index (χ2v) is 14.4. The zero-order valence-corrected chi connectivity index (χ0v) is 33.5. The van der Waals surface area contributed by atoms with E-state index >= 15 is 0 Å². The van der Waals surface area contributed by atoms with Crippen molar-refractivity contribution in [3.63, 3.8) is 0 Å². The van der Waals surface area contributed by atoms with Gasteiger partial charge in [-0.1, -0.05) is 95.1 Å². The molecule has 1 aliphatic carbocycles. The summed E-state index contributed by atoms with van der Waals surface area (Å²) in [6.45, 7) is 15.5. The first-order chi connectivity index (χ1) is 25.5. The zero-order chi connectivity index (χ0) is 37.1. The molecular weight excluding hydrogens is 639 g/mol. The van der Waals surface area contributed by atoms with Crippen molar-refractivity contribution in [1.29, 1.82) is 0 Å². The summed E-state index contributed by atoms with van der Waals surface area (Å²) < 4.78 is 9.05. The van der Waals surface area contributed by atoms with Gasteiger partial charge in [-0.15, -0.1) is 0 Å². The summed E-state index contributed by atoms with van der Waals surface area (Å²) >= 11 is 0. The second-order valence-electron chi connectivity index (χ2n) is 14.4. The van der Waals surface area contributed by atoms with Gasteiger partial charge in [-0.3, -0.25) is 4.79 Å². The molecule has 0 bridgehead atoms.